The fourth-order valence-corrected chi connectivity index (χ4v) is 3.16. The number of aryl methyl sites for hydroxylation is 1. The lowest BCUT2D eigenvalue weighted by Gasteiger charge is -2.26. The maximum Gasteiger partial charge on any atom is 0.335 e. The fraction of sp³-hybridized carbons (Fsp3) is 0.0435. The highest BCUT2D eigenvalue weighted by molar-refractivity contribution is 6.39. The lowest BCUT2D eigenvalue weighted by atomic mass is 10.1. The number of carbonyl (C=O) groups excluding carboxylic acids is 3. The summed E-state index contributed by atoms with van der Waals surface area (Å²) >= 11 is 0. The van der Waals surface area contributed by atoms with Crippen LogP contribution in [0.2, 0.25) is 0 Å². The van der Waals surface area contributed by atoms with E-state index >= 15 is 0 Å². The van der Waals surface area contributed by atoms with Crippen LogP contribution >= 0.6 is 0 Å². The van der Waals surface area contributed by atoms with Crippen molar-refractivity contribution in [3.8, 4) is 11.3 Å². The van der Waals surface area contributed by atoms with E-state index in [9.17, 15) is 19.2 Å². The van der Waals surface area contributed by atoms with Crippen molar-refractivity contribution >= 4 is 35.6 Å². The monoisotopic (exact) mass is 416 g/mol. The number of anilines is 1. The van der Waals surface area contributed by atoms with Gasteiger partial charge in [-0.25, -0.2) is 14.5 Å². The first-order valence-corrected chi connectivity index (χ1v) is 9.25. The van der Waals surface area contributed by atoms with Crippen LogP contribution in [0.5, 0.6) is 0 Å². The Morgan fingerprint density at radius 2 is 1.77 bits per heavy atom. The van der Waals surface area contributed by atoms with Gasteiger partial charge in [-0.3, -0.25) is 14.9 Å². The summed E-state index contributed by atoms with van der Waals surface area (Å²) in [5.41, 5.74) is 1.72. The quantitative estimate of drug-likeness (QED) is 0.496. The number of hydrogen-bond donors (Lipinski definition) is 2. The second-order valence-corrected chi connectivity index (χ2v) is 6.88. The van der Waals surface area contributed by atoms with Crippen LogP contribution < -0.4 is 10.2 Å². The summed E-state index contributed by atoms with van der Waals surface area (Å²) in [7, 11) is 0. The predicted molar refractivity (Wildman–Crippen MR) is 111 cm³/mol. The van der Waals surface area contributed by atoms with Gasteiger partial charge in [-0.05, 0) is 55.0 Å². The van der Waals surface area contributed by atoms with Gasteiger partial charge in [-0.1, -0.05) is 24.3 Å². The number of carbonyl (C=O) groups is 4. The first-order chi connectivity index (χ1) is 14.8. The molecule has 1 aromatic heterocycles. The van der Waals surface area contributed by atoms with Crippen molar-refractivity contribution in [1.29, 1.82) is 0 Å². The Labute approximate surface area is 176 Å². The average molecular weight is 416 g/mol. The molecule has 8 nitrogen and oxygen atoms in total. The van der Waals surface area contributed by atoms with E-state index in [4.69, 9.17) is 9.52 Å². The number of carboxylic acid groups (broad SMARTS) is 1. The van der Waals surface area contributed by atoms with Crippen LogP contribution in [-0.2, 0) is 9.59 Å². The second kappa shape index (κ2) is 7.75. The number of imide groups is 2. The number of aromatic carboxylic acids is 1. The summed E-state index contributed by atoms with van der Waals surface area (Å²) in [6.45, 7) is 1.82. The van der Waals surface area contributed by atoms with E-state index in [1.165, 1.54) is 18.2 Å². The minimum absolute atomic E-state index is 0.142. The van der Waals surface area contributed by atoms with Crippen LogP contribution in [0.25, 0.3) is 17.4 Å². The van der Waals surface area contributed by atoms with Gasteiger partial charge in [0.15, 0.2) is 0 Å². The molecule has 0 aliphatic carbocycles. The van der Waals surface area contributed by atoms with Crippen LogP contribution in [0.1, 0.15) is 21.7 Å². The molecule has 0 spiro atoms. The largest absolute Gasteiger partial charge is 0.478 e. The molecule has 8 heteroatoms. The number of amides is 4. The molecular weight excluding hydrogens is 400 g/mol. The molecule has 1 saturated heterocycles. The summed E-state index contributed by atoms with van der Waals surface area (Å²) in [4.78, 5) is 49.4. The Morgan fingerprint density at radius 1 is 1.03 bits per heavy atom. The molecular formula is C23H16N2O6. The minimum atomic E-state index is -1.04. The van der Waals surface area contributed by atoms with Crippen molar-refractivity contribution in [3.05, 3.63) is 83.1 Å². The number of rotatable bonds is 4. The van der Waals surface area contributed by atoms with Crippen molar-refractivity contribution in [2.75, 3.05) is 4.90 Å². The summed E-state index contributed by atoms with van der Waals surface area (Å²) in [5.74, 6) is -1.95. The molecule has 2 aromatic carbocycles. The van der Waals surface area contributed by atoms with Crippen LogP contribution in [0.15, 0.2) is 70.7 Å². The average Bonchev–Trinajstić information content (AvgIpc) is 3.20. The number of urea groups is 1. The SMILES string of the molecule is Cc1cccc(N2C(=O)NC(=O)C(=Cc3ccc(-c4ccc(C(=O)O)cc4)o3)C2=O)c1. The molecule has 2 N–H and O–H groups in total. The van der Waals surface area contributed by atoms with Gasteiger partial charge in [-0.2, -0.15) is 0 Å². The van der Waals surface area contributed by atoms with Crippen molar-refractivity contribution in [3.63, 3.8) is 0 Å². The van der Waals surface area contributed by atoms with Crippen LogP contribution in [0, 0.1) is 6.92 Å². The Morgan fingerprint density at radius 3 is 2.45 bits per heavy atom. The highest BCUT2D eigenvalue weighted by Gasteiger charge is 2.37. The molecule has 31 heavy (non-hydrogen) atoms. The summed E-state index contributed by atoms with van der Waals surface area (Å²) in [6.07, 6.45) is 1.27. The summed E-state index contributed by atoms with van der Waals surface area (Å²) in [6, 6.07) is 15.3. The number of nitrogens with one attached hydrogen (secondary N) is 1. The van der Waals surface area contributed by atoms with Crippen molar-refractivity contribution < 1.29 is 28.7 Å². The third-order valence-corrected chi connectivity index (χ3v) is 4.69. The lowest BCUT2D eigenvalue weighted by molar-refractivity contribution is -0.122. The molecule has 1 aliphatic heterocycles. The van der Waals surface area contributed by atoms with Gasteiger partial charge in [0.05, 0.1) is 11.3 Å². The zero-order chi connectivity index (χ0) is 22.1. The Balaban J connectivity index is 1.64. The highest BCUT2D eigenvalue weighted by Crippen LogP contribution is 2.26. The topological polar surface area (TPSA) is 117 Å². The van der Waals surface area contributed by atoms with Gasteiger partial charge in [0.2, 0.25) is 0 Å². The first kappa shape index (κ1) is 19.8. The molecule has 0 atom stereocenters. The first-order valence-electron chi connectivity index (χ1n) is 9.25. The molecule has 0 bridgehead atoms. The number of hydrogen-bond acceptors (Lipinski definition) is 5. The molecule has 1 aliphatic rings. The van der Waals surface area contributed by atoms with E-state index in [0.717, 1.165) is 10.5 Å². The van der Waals surface area contributed by atoms with Gasteiger partial charge in [-0.15, -0.1) is 0 Å². The van der Waals surface area contributed by atoms with Gasteiger partial charge in [0, 0.05) is 5.56 Å². The maximum atomic E-state index is 12.9. The smallest absolute Gasteiger partial charge is 0.335 e. The fourth-order valence-electron chi connectivity index (χ4n) is 3.16. The summed E-state index contributed by atoms with van der Waals surface area (Å²) in [5, 5.41) is 11.2. The Bertz CT molecular complexity index is 1250. The molecule has 0 radical (unpaired) electrons. The van der Waals surface area contributed by atoms with Gasteiger partial charge >= 0.3 is 12.0 Å². The third kappa shape index (κ3) is 3.86. The number of barbiturate groups is 1. The zero-order valence-corrected chi connectivity index (χ0v) is 16.3. The van der Waals surface area contributed by atoms with Crippen LogP contribution in [0.4, 0.5) is 10.5 Å². The van der Waals surface area contributed by atoms with E-state index < -0.39 is 23.8 Å². The van der Waals surface area contributed by atoms with Crippen molar-refractivity contribution in [1.82, 2.24) is 5.32 Å². The van der Waals surface area contributed by atoms with Crippen molar-refractivity contribution in [2.24, 2.45) is 0 Å². The molecule has 154 valence electrons. The zero-order valence-electron chi connectivity index (χ0n) is 16.3. The molecule has 4 amide bonds. The Hall–Kier alpha value is -4.46. The Kier molecular flexibility index (Phi) is 4.96. The van der Waals surface area contributed by atoms with E-state index in [1.54, 1.807) is 42.5 Å². The second-order valence-electron chi connectivity index (χ2n) is 6.88. The van der Waals surface area contributed by atoms with E-state index in [0.29, 0.717) is 17.0 Å². The van der Waals surface area contributed by atoms with E-state index in [2.05, 4.69) is 5.32 Å². The van der Waals surface area contributed by atoms with Crippen LogP contribution in [0.3, 0.4) is 0 Å². The number of nitrogens with zero attached hydrogens (tertiary/aromatic N) is 1. The maximum absolute atomic E-state index is 12.9. The number of carboxylic acids is 1. The van der Waals surface area contributed by atoms with Crippen LogP contribution in [-0.4, -0.2) is 28.9 Å². The van der Waals surface area contributed by atoms with Gasteiger partial charge < -0.3 is 9.52 Å². The van der Waals surface area contributed by atoms with E-state index in [-0.39, 0.29) is 16.9 Å². The molecule has 3 aromatic rings. The molecule has 0 unspecified atom stereocenters. The van der Waals surface area contributed by atoms with Gasteiger partial charge in [0.1, 0.15) is 17.1 Å². The number of benzene rings is 2. The normalized spacial score (nSPS) is 15.3. The van der Waals surface area contributed by atoms with E-state index in [1.807, 2.05) is 13.0 Å². The van der Waals surface area contributed by atoms with Crippen molar-refractivity contribution in [2.45, 2.75) is 6.92 Å². The lowest BCUT2D eigenvalue weighted by Crippen LogP contribution is -2.54. The minimum Gasteiger partial charge on any atom is -0.478 e. The predicted octanol–water partition coefficient (Wildman–Crippen LogP) is 3.62. The summed E-state index contributed by atoms with van der Waals surface area (Å²) < 4.78 is 5.70. The number of furan rings is 1. The molecule has 2 heterocycles. The standard InChI is InChI=1S/C23H16N2O6/c1-13-3-2-4-16(11-13)25-21(27)18(20(26)24-23(25)30)12-17-9-10-19(31-17)14-5-7-15(8-6-14)22(28)29/h2-12H,1H3,(H,28,29)(H,24,26,30). The van der Waals surface area contributed by atoms with Gasteiger partial charge in [0.25, 0.3) is 11.8 Å². The molecule has 0 saturated carbocycles. The highest BCUT2D eigenvalue weighted by atomic mass is 16.4. The molecule has 1 fully saturated rings. The third-order valence-electron chi connectivity index (χ3n) is 4.69. The molecule has 4 rings (SSSR count).